The van der Waals surface area contributed by atoms with E-state index in [4.69, 9.17) is 16.3 Å². The van der Waals surface area contributed by atoms with Crippen molar-refractivity contribution in [3.05, 3.63) is 35.5 Å². The van der Waals surface area contributed by atoms with Crippen LogP contribution >= 0.6 is 11.6 Å². The second kappa shape index (κ2) is 6.72. The number of ether oxygens (including phenoxy) is 1. The maximum atomic E-state index is 12.3. The zero-order valence-corrected chi connectivity index (χ0v) is 13.7. The van der Waals surface area contributed by atoms with Crippen molar-refractivity contribution in [2.45, 2.75) is 19.4 Å². The lowest BCUT2D eigenvalue weighted by Crippen LogP contribution is -2.34. The molecule has 1 aliphatic rings. The Hall–Kier alpha value is -1.85. The first kappa shape index (κ1) is 16.0. The maximum absolute atomic E-state index is 12.3. The SMILES string of the molecule is CC(O)C1CCN(C(=O)COc2ccc(Cl)c3cccnc23)C1. The molecule has 122 valence electrons. The third-order valence-corrected chi connectivity index (χ3v) is 4.62. The Morgan fingerprint density at radius 3 is 3.09 bits per heavy atom. The van der Waals surface area contributed by atoms with E-state index in [2.05, 4.69) is 4.98 Å². The molecule has 1 aromatic heterocycles. The van der Waals surface area contributed by atoms with Crippen LogP contribution in [0.4, 0.5) is 0 Å². The first-order valence-corrected chi connectivity index (χ1v) is 8.06. The third-order valence-electron chi connectivity index (χ3n) is 4.29. The van der Waals surface area contributed by atoms with Crippen molar-refractivity contribution < 1.29 is 14.6 Å². The van der Waals surface area contributed by atoms with Crippen molar-refractivity contribution >= 4 is 28.4 Å². The summed E-state index contributed by atoms with van der Waals surface area (Å²) in [5, 5.41) is 11.0. The summed E-state index contributed by atoms with van der Waals surface area (Å²) < 4.78 is 5.67. The molecule has 3 rings (SSSR count). The van der Waals surface area contributed by atoms with Gasteiger partial charge in [0.25, 0.3) is 5.91 Å². The topological polar surface area (TPSA) is 62.7 Å². The number of hydrogen-bond donors (Lipinski definition) is 1. The molecule has 1 N–H and O–H groups in total. The van der Waals surface area contributed by atoms with E-state index in [9.17, 15) is 9.90 Å². The number of aliphatic hydroxyl groups is 1. The molecule has 0 spiro atoms. The van der Waals surface area contributed by atoms with Gasteiger partial charge in [0.05, 0.1) is 11.1 Å². The van der Waals surface area contributed by atoms with E-state index in [1.165, 1.54) is 0 Å². The Morgan fingerprint density at radius 1 is 1.52 bits per heavy atom. The summed E-state index contributed by atoms with van der Waals surface area (Å²) in [4.78, 5) is 18.3. The third kappa shape index (κ3) is 3.41. The van der Waals surface area contributed by atoms with Crippen molar-refractivity contribution in [3.63, 3.8) is 0 Å². The van der Waals surface area contributed by atoms with Crippen LogP contribution in [0.5, 0.6) is 5.75 Å². The number of benzene rings is 1. The Labute approximate surface area is 139 Å². The molecular formula is C17H19ClN2O3. The van der Waals surface area contributed by atoms with Gasteiger partial charge in [-0.3, -0.25) is 9.78 Å². The summed E-state index contributed by atoms with van der Waals surface area (Å²) in [6, 6.07) is 7.15. The lowest BCUT2D eigenvalue weighted by molar-refractivity contribution is -0.132. The second-order valence-electron chi connectivity index (χ2n) is 5.86. The molecule has 23 heavy (non-hydrogen) atoms. The molecule has 1 amide bonds. The van der Waals surface area contributed by atoms with E-state index >= 15 is 0 Å². The predicted molar refractivity (Wildman–Crippen MR) is 88.6 cm³/mol. The Bertz CT molecular complexity index is 720. The monoisotopic (exact) mass is 334 g/mol. The summed E-state index contributed by atoms with van der Waals surface area (Å²) in [6.45, 7) is 2.97. The van der Waals surface area contributed by atoms with Gasteiger partial charge in [0.1, 0.15) is 11.3 Å². The summed E-state index contributed by atoms with van der Waals surface area (Å²) >= 11 is 6.15. The molecular weight excluding hydrogens is 316 g/mol. The van der Waals surface area contributed by atoms with Crippen molar-refractivity contribution in [3.8, 4) is 5.75 Å². The molecule has 1 aromatic carbocycles. The molecule has 2 heterocycles. The summed E-state index contributed by atoms with van der Waals surface area (Å²) in [7, 11) is 0. The van der Waals surface area contributed by atoms with E-state index < -0.39 is 6.10 Å². The highest BCUT2D eigenvalue weighted by Crippen LogP contribution is 2.29. The molecule has 5 nitrogen and oxygen atoms in total. The minimum absolute atomic E-state index is 0.0418. The highest BCUT2D eigenvalue weighted by molar-refractivity contribution is 6.35. The van der Waals surface area contributed by atoms with E-state index in [1.54, 1.807) is 30.2 Å². The molecule has 1 aliphatic heterocycles. The van der Waals surface area contributed by atoms with Gasteiger partial charge in [-0.05, 0) is 37.6 Å². The quantitative estimate of drug-likeness (QED) is 0.933. The number of carbonyl (C=O) groups excluding carboxylic acids is 1. The standard InChI is InChI=1S/C17H19ClN2O3/c1-11(21)12-6-8-20(9-12)16(22)10-23-15-5-4-14(18)13-3-2-7-19-17(13)15/h2-5,7,11-12,21H,6,8-10H2,1H3. The maximum Gasteiger partial charge on any atom is 0.260 e. The lowest BCUT2D eigenvalue weighted by atomic mass is 10.0. The van der Waals surface area contributed by atoms with Crippen molar-refractivity contribution in [2.24, 2.45) is 5.92 Å². The van der Waals surface area contributed by atoms with Gasteiger partial charge in [-0.25, -0.2) is 0 Å². The number of aliphatic hydroxyl groups excluding tert-OH is 1. The minimum Gasteiger partial charge on any atom is -0.481 e. The van der Waals surface area contributed by atoms with E-state index in [-0.39, 0.29) is 18.4 Å². The molecule has 1 saturated heterocycles. The number of rotatable bonds is 4. The number of hydrogen-bond acceptors (Lipinski definition) is 4. The number of fused-ring (bicyclic) bond motifs is 1. The van der Waals surface area contributed by atoms with Crippen LogP contribution in [0.3, 0.4) is 0 Å². The van der Waals surface area contributed by atoms with E-state index in [0.717, 1.165) is 11.8 Å². The molecule has 6 heteroatoms. The number of likely N-dealkylation sites (tertiary alicyclic amines) is 1. The van der Waals surface area contributed by atoms with Crippen LogP contribution in [-0.4, -0.2) is 46.7 Å². The van der Waals surface area contributed by atoms with Gasteiger partial charge in [0, 0.05) is 30.6 Å². The van der Waals surface area contributed by atoms with Crippen molar-refractivity contribution in [2.75, 3.05) is 19.7 Å². The fraction of sp³-hybridized carbons (Fsp3) is 0.412. The van der Waals surface area contributed by atoms with Crippen LogP contribution in [0, 0.1) is 5.92 Å². The van der Waals surface area contributed by atoms with Crippen LogP contribution in [0.15, 0.2) is 30.5 Å². The van der Waals surface area contributed by atoms with Gasteiger partial charge in [-0.1, -0.05) is 11.6 Å². The first-order valence-electron chi connectivity index (χ1n) is 7.68. The summed E-state index contributed by atoms with van der Waals surface area (Å²) in [6.07, 6.45) is 2.11. The number of aromatic nitrogens is 1. The molecule has 2 aromatic rings. The summed E-state index contributed by atoms with van der Waals surface area (Å²) in [5.74, 6) is 0.619. The Morgan fingerprint density at radius 2 is 2.35 bits per heavy atom. The fourth-order valence-corrected chi connectivity index (χ4v) is 3.08. The van der Waals surface area contributed by atoms with Gasteiger partial charge in [-0.2, -0.15) is 0 Å². The van der Waals surface area contributed by atoms with Crippen molar-refractivity contribution in [1.29, 1.82) is 0 Å². The highest BCUT2D eigenvalue weighted by atomic mass is 35.5. The van der Waals surface area contributed by atoms with Gasteiger partial charge >= 0.3 is 0 Å². The number of carbonyl (C=O) groups is 1. The van der Waals surface area contributed by atoms with E-state index in [0.29, 0.717) is 29.4 Å². The Kier molecular flexibility index (Phi) is 4.68. The number of nitrogens with zero attached hydrogens (tertiary/aromatic N) is 2. The highest BCUT2D eigenvalue weighted by Gasteiger charge is 2.29. The normalized spacial score (nSPS) is 19.1. The van der Waals surface area contributed by atoms with Gasteiger partial charge in [0.2, 0.25) is 0 Å². The average molecular weight is 335 g/mol. The van der Waals surface area contributed by atoms with Crippen LogP contribution in [0.25, 0.3) is 10.9 Å². The zero-order valence-electron chi connectivity index (χ0n) is 12.9. The predicted octanol–water partition coefficient (Wildman–Crippen LogP) is 2.50. The summed E-state index contributed by atoms with van der Waals surface area (Å²) in [5.41, 5.74) is 0.649. The Balaban J connectivity index is 1.67. The average Bonchev–Trinajstić information content (AvgIpc) is 3.05. The molecule has 2 atom stereocenters. The van der Waals surface area contributed by atoms with Gasteiger partial charge in [-0.15, -0.1) is 0 Å². The van der Waals surface area contributed by atoms with Crippen LogP contribution < -0.4 is 4.74 Å². The molecule has 0 aliphatic carbocycles. The first-order chi connectivity index (χ1) is 11.1. The number of halogens is 1. The smallest absolute Gasteiger partial charge is 0.260 e. The second-order valence-corrected chi connectivity index (χ2v) is 6.27. The zero-order chi connectivity index (χ0) is 16.4. The molecule has 0 bridgehead atoms. The van der Waals surface area contributed by atoms with Crippen LogP contribution in [-0.2, 0) is 4.79 Å². The molecule has 0 radical (unpaired) electrons. The van der Waals surface area contributed by atoms with Crippen molar-refractivity contribution in [1.82, 2.24) is 9.88 Å². The number of amides is 1. The fourth-order valence-electron chi connectivity index (χ4n) is 2.87. The van der Waals surface area contributed by atoms with E-state index in [1.807, 2.05) is 12.1 Å². The molecule has 1 fully saturated rings. The number of pyridine rings is 1. The van der Waals surface area contributed by atoms with Gasteiger partial charge in [0.15, 0.2) is 6.61 Å². The van der Waals surface area contributed by atoms with Crippen LogP contribution in [0.1, 0.15) is 13.3 Å². The molecule has 2 unspecified atom stereocenters. The minimum atomic E-state index is -0.391. The lowest BCUT2D eigenvalue weighted by Gasteiger charge is -2.18. The largest absolute Gasteiger partial charge is 0.481 e. The van der Waals surface area contributed by atoms with Crippen LogP contribution in [0.2, 0.25) is 5.02 Å². The van der Waals surface area contributed by atoms with Gasteiger partial charge < -0.3 is 14.7 Å². The molecule has 0 saturated carbocycles.